The maximum atomic E-state index is 11.3. The number of rotatable bonds is 3. The van der Waals surface area contributed by atoms with Crippen molar-refractivity contribution < 1.29 is 4.74 Å². The molecule has 1 aromatic carbocycles. The van der Waals surface area contributed by atoms with Crippen molar-refractivity contribution in [3.8, 4) is 17.0 Å². The van der Waals surface area contributed by atoms with Gasteiger partial charge in [0.2, 0.25) is 5.82 Å². The molecule has 5 nitrogen and oxygen atoms in total. The van der Waals surface area contributed by atoms with Crippen LogP contribution in [-0.2, 0) is 0 Å². The number of ether oxygens (including phenoxy) is 1. The second-order valence-corrected chi connectivity index (χ2v) is 5.44. The minimum Gasteiger partial charge on any atom is -0.496 e. The third-order valence-electron chi connectivity index (χ3n) is 3.84. The summed E-state index contributed by atoms with van der Waals surface area (Å²) in [4.78, 5) is 15.9. The van der Waals surface area contributed by atoms with Crippen LogP contribution in [0.4, 0.5) is 5.82 Å². The summed E-state index contributed by atoms with van der Waals surface area (Å²) >= 11 is 0. The lowest BCUT2D eigenvalue weighted by Crippen LogP contribution is -1.91. The molecule has 0 aliphatic carbocycles. The van der Waals surface area contributed by atoms with Crippen LogP contribution in [0.15, 0.2) is 35.6 Å². The lowest BCUT2D eigenvalue weighted by atomic mass is 10.0. The van der Waals surface area contributed by atoms with Crippen LogP contribution < -0.4 is 4.74 Å². The van der Waals surface area contributed by atoms with E-state index >= 15 is 0 Å². The average molecular weight is 295 g/mol. The van der Waals surface area contributed by atoms with Crippen molar-refractivity contribution in [3.05, 3.63) is 52.1 Å². The summed E-state index contributed by atoms with van der Waals surface area (Å²) in [5, 5.41) is 3.20. The molecule has 0 N–H and O–H groups in total. The zero-order chi connectivity index (χ0) is 15.9. The third-order valence-corrected chi connectivity index (χ3v) is 3.84. The van der Waals surface area contributed by atoms with Crippen LogP contribution >= 0.6 is 0 Å². The molecule has 0 bridgehead atoms. The Morgan fingerprint density at radius 1 is 1.14 bits per heavy atom. The number of aryl methyl sites for hydroxylation is 3. The first-order chi connectivity index (χ1) is 10.5. The molecule has 0 fully saturated rings. The molecule has 5 heteroatoms. The molecule has 3 rings (SSSR count). The molecule has 0 amide bonds. The van der Waals surface area contributed by atoms with Gasteiger partial charge in [0.05, 0.1) is 7.11 Å². The summed E-state index contributed by atoms with van der Waals surface area (Å²) < 4.78 is 7.05. The molecule has 2 heterocycles. The fourth-order valence-corrected chi connectivity index (χ4v) is 2.67. The molecule has 0 atom stereocenters. The van der Waals surface area contributed by atoms with Crippen LogP contribution in [0.2, 0.25) is 0 Å². The van der Waals surface area contributed by atoms with Crippen LogP contribution in [0.1, 0.15) is 16.7 Å². The van der Waals surface area contributed by atoms with Crippen LogP contribution in [0, 0.1) is 25.7 Å². The van der Waals surface area contributed by atoms with Crippen molar-refractivity contribution in [2.24, 2.45) is 5.18 Å². The summed E-state index contributed by atoms with van der Waals surface area (Å²) in [5.41, 5.74) is 5.29. The monoisotopic (exact) mass is 295 g/mol. The summed E-state index contributed by atoms with van der Waals surface area (Å²) in [6, 6.07) is 7.80. The molecule has 112 valence electrons. The minimum absolute atomic E-state index is 0.322. The lowest BCUT2D eigenvalue weighted by Gasteiger charge is -2.09. The zero-order valence-corrected chi connectivity index (χ0v) is 13.0. The molecular weight excluding hydrogens is 278 g/mol. The second-order valence-electron chi connectivity index (χ2n) is 5.44. The topological polar surface area (TPSA) is 56.0 Å². The number of nitrogens with zero attached hydrogens (tertiary/aromatic N) is 3. The molecule has 0 radical (unpaired) electrons. The molecule has 3 aromatic rings. The van der Waals surface area contributed by atoms with Gasteiger partial charge in [-0.3, -0.25) is 4.40 Å². The Labute approximate surface area is 128 Å². The Morgan fingerprint density at radius 3 is 2.59 bits per heavy atom. The van der Waals surface area contributed by atoms with Gasteiger partial charge in [0.1, 0.15) is 17.1 Å². The van der Waals surface area contributed by atoms with Gasteiger partial charge in [-0.15, -0.1) is 4.91 Å². The van der Waals surface area contributed by atoms with Crippen LogP contribution in [-0.4, -0.2) is 16.5 Å². The van der Waals surface area contributed by atoms with E-state index < -0.39 is 0 Å². The van der Waals surface area contributed by atoms with Gasteiger partial charge in [0, 0.05) is 11.8 Å². The molecule has 0 aliphatic rings. The van der Waals surface area contributed by atoms with Gasteiger partial charge in [-0.05, 0) is 66.9 Å². The highest BCUT2D eigenvalue weighted by molar-refractivity contribution is 5.78. The number of imidazole rings is 1. The van der Waals surface area contributed by atoms with Gasteiger partial charge in [-0.1, -0.05) is 0 Å². The zero-order valence-electron chi connectivity index (χ0n) is 13.0. The Balaban J connectivity index is 2.30. The molecule has 0 saturated carbocycles. The normalized spacial score (nSPS) is 10.9. The van der Waals surface area contributed by atoms with E-state index in [9.17, 15) is 4.91 Å². The van der Waals surface area contributed by atoms with Gasteiger partial charge >= 0.3 is 0 Å². The second kappa shape index (κ2) is 5.26. The number of hydrogen-bond acceptors (Lipinski definition) is 4. The summed E-state index contributed by atoms with van der Waals surface area (Å²) in [5.74, 6) is 1.14. The van der Waals surface area contributed by atoms with E-state index in [2.05, 4.69) is 10.2 Å². The number of nitroso groups, excluding NO2 is 1. The largest absolute Gasteiger partial charge is 0.496 e. The Kier molecular flexibility index (Phi) is 3.41. The highest BCUT2D eigenvalue weighted by Crippen LogP contribution is 2.35. The number of fused-ring (bicyclic) bond motifs is 1. The minimum atomic E-state index is 0.322. The first-order valence-corrected chi connectivity index (χ1v) is 7.03. The van der Waals surface area contributed by atoms with Gasteiger partial charge in [-0.25, -0.2) is 4.98 Å². The number of methoxy groups -OCH3 is 1. The molecule has 22 heavy (non-hydrogen) atoms. The Bertz CT molecular complexity index is 881. The number of hydrogen-bond donors (Lipinski definition) is 0. The highest BCUT2D eigenvalue weighted by Gasteiger charge is 2.18. The van der Waals surface area contributed by atoms with Gasteiger partial charge < -0.3 is 4.74 Å². The van der Waals surface area contributed by atoms with Crippen molar-refractivity contribution in [3.63, 3.8) is 0 Å². The fraction of sp³-hybridized carbons (Fsp3) is 0.235. The summed E-state index contributed by atoms with van der Waals surface area (Å²) in [6.07, 6.45) is 1.82. The van der Waals surface area contributed by atoms with Gasteiger partial charge in [0.15, 0.2) is 0 Å². The molecule has 0 unspecified atom stereocenters. The maximum Gasteiger partial charge on any atom is 0.209 e. The predicted octanol–water partition coefficient (Wildman–Crippen LogP) is 4.33. The Morgan fingerprint density at radius 2 is 1.91 bits per heavy atom. The van der Waals surface area contributed by atoms with Crippen molar-refractivity contribution in [1.29, 1.82) is 0 Å². The standard InChI is InChI=1S/C17H17N3O2/c1-10-5-6-20-15(7-10)18-16(17(20)19-21)13-8-12(3)14(22-4)9-11(13)2/h5-9H,1-4H3. The van der Waals surface area contributed by atoms with E-state index in [-0.39, 0.29) is 0 Å². The van der Waals surface area contributed by atoms with E-state index in [0.717, 1.165) is 33.7 Å². The smallest absolute Gasteiger partial charge is 0.209 e. The number of aromatic nitrogens is 2. The summed E-state index contributed by atoms with van der Waals surface area (Å²) in [7, 11) is 1.65. The van der Waals surface area contributed by atoms with Crippen molar-refractivity contribution in [2.75, 3.05) is 7.11 Å². The van der Waals surface area contributed by atoms with E-state index in [4.69, 9.17) is 4.74 Å². The molecular formula is C17H17N3O2. The van der Waals surface area contributed by atoms with E-state index in [1.54, 1.807) is 11.5 Å². The molecule has 0 aliphatic heterocycles. The predicted molar refractivity (Wildman–Crippen MR) is 86.8 cm³/mol. The van der Waals surface area contributed by atoms with Crippen LogP contribution in [0.25, 0.3) is 16.9 Å². The Hall–Kier alpha value is -2.69. The fourth-order valence-electron chi connectivity index (χ4n) is 2.67. The van der Waals surface area contributed by atoms with E-state index in [0.29, 0.717) is 11.5 Å². The average Bonchev–Trinajstić information content (AvgIpc) is 2.86. The van der Waals surface area contributed by atoms with Crippen molar-refractivity contribution in [1.82, 2.24) is 9.38 Å². The van der Waals surface area contributed by atoms with E-state index in [1.807, 2.05) is 51.2 Å². The van der Waals surface area contributed by atoms with Crippen molar-refractivity contribution in [2.45, 2.75) is 20.8 Å². The first kappa shape index (κ1) is 14.3. The molecule has 0 saturated heterocycles. The SMILES string of the molecule is COc1cc(C)c(-c2nc3cc(C)ccn3c2N=O)cc1C. The number of pyridine rings is 1. The first-order valence-electron chi connectivity index (χ1n) is 7.03. The van der Waals surface area contributed by atoms with Crippen molar-refractivity contribution >= 4 is 11.5 Å². The van der Waals surface area contributed by atoms with E-state index in [1.165, 1.54) is 0 Å². The number of benzene rings is 1. The van der Waals surface area contributed by atoms with Crippen LogP contribution in [0.5, 0.6) is 5.75 Å². The molecule has 0 spiro atoms. The van der Waals surface area contributed by atoms with Gasteiger partial charge in [0.25, 0.3) is 0 Å². The van der Waals surface area contributed by atoms with Gasteiger partial charge in [-0.2, -0.15) is 0 Å². The summed E-state index contributed by atoms with van der Waals surface area (Å²) in [6.45, 7) is 5.93. The third kappa shape index (κ3) is 2.15. The maximum absolute atomic E-state index is 11.3. The lowest BCUT2D eigenvalue weighted by molar-refractivity contribution is 0.411. The quantitative estimate of drug-likeness (QED) is 0.676. The molecule has 2 aromatic heterocycles. The van der Waals surface area contributed by atoms with Crippen LogP contribution in [0.3, 0.4) is 0 Å². The highest BCUT2D eigenvalue weighted by atomic mass is 16.5.